The van der Waals surface area contributed by atoms with Crippen molar-refractivity contribution in [1.29, 1.82) is 5.26 Å². The van der Waals surface area contributed by atoms with Gasteiger partial charge in [-0.3, -0.25) is 10.1 Å². The lowest BCUT2D eigenvalue weighted by Crippen LogP contribution is -2.33. The van der Waals surface area contributed by atoms with Gasteiger partial charge in [0.25, 0.3) is 5.69 Å². The number of nitrogens with zero attached hydrogens (tertiary/aromatic N) is 3. The van der Waals surface area contributed by atoms with Gasteiger partial charge in [-0.05, 0) is 37.0 Å². The fourth-order valence-electron chi connectivity index (χ4n) is 3.22. The number of nitriles is 1. The summed E-state index contributed by atoms with van der Waals surface area (Å²) in [6.07, 6.45) is 3.10. The summed E-state index contributed by atoms with van der Waals surface area (Å²) in [5.74, 6) is 0. The van der Waals surface area contributed by atoms with Crippen LogP contribution in [0.2, 0.25) is 0 Å². The second kappa shape index (κ2) is 6.49. The van der Waals surface area contributed by atoms with Crippen LogP contribution in [-0.2, 0) is 0 Å². The van der Waals surface area contributed by atoms with Gasteiger partial charge >= 0.3 is 0 Å². The maximum atomic E-state index is 11.4. The molecule has 0 spiro atoms. The molecule has 5 nitrogen and oxygen atoms in total. The summed E-state index contributed by atoms with van der Waals surface area (Å²) >= 11 is 0. The molecule has 1 atom stereocenters. The van der Waals surface area contributed by atoms with Crippen molar-refractivity contribution < 1.29 is 4.92 Å². The predicted octanol–water partition coefficient (Wildman–Crippen LogP) is 4.20. The summed E-state index contributed by atoms with van der Waals surface area (Å²) in [6, 6.07) is 16.9. The molecule has 1 fully saturated rings. The Hall–Kier alpha value is -2.87. The van der Waals surface area contributed by atoms with Gasteiger partial charge in [0.2, 0.25) is 0 Å². The van der Waals surface area contributed by atoms with Gasteiger partial charge < -0.3 is 4.90 Å². The summed E-state index contributed by atoms with van der Waals surface area (Å²) in [7, 11) is 0. The maximum absolute atomic E-state index is 11.4. The number of piperidine rings is 1. The molecule has 0 radical (unpaired) electrons. The molecule has 23 heavy (non-hydrogen) atoms. The number of benzene rings is 2. The number of rotatable bonds is 3. The Bertz CT molecular complexity index is 753. The van der Waals surface area contributed by atoms with Crippen molar-refractivity contribution in [3.05, 3.63) is 69.8 Å². The zero-order chi connectivity index (χ0) is 16.2. The van der Waals surface area contributed by atoms with Crippen molar-refractivity contribution in [3.8, 4) is 6.07 Å². The maximum Gasteiger partial charge on any atom is 0.293 e. The first kappa shape index (κ1) is 15.0. The molecule has 2 aromatic carbocycles. The van der Waals surface area contributed by atoms with Crippen LogP contribution >= 0.6 is 0 Å². The Labute approximate surface area is 134 Å². The van der Waals surface area contributed by atoms with E-state index >= 15 is 0 Å². The van der Waals surface area contributed by atoms with E-state index in [1.807, 2.05) is 24.3 Å². The van der Waals surface area contributed by atoms with Gasteiger partial charge in [0.05, 0.1) is 22.6 Å². The van der Waals surface area contributed by atoms with E-state index in [4.69, 9.17) is 5.26 Å². The van der Waals surface area contributed by atoms with Gasteiger partial charge in [-0.2, -0.15) is 5.26 Å². The highest BCUT2D eigenvalue weighted by Crippen LogP contribution is 2.39. The van der Waals surface area contributed by atoms with E-state index in [-0.39, 0.29) is 11.7 Å². The molecule has 116 valence electrons. The van der Waals surface area contributed by atoms with Gasteiger partial charge in [0.15, 0.2) is 0 Å². The van der Waals surface area contributed by atoms with E-state index in [1.165, 1.54) is 11.6 Å². The number of hydrogen-bond donors (Lipinski definition) is 0. The normalized spacial score (nSPS) is 17.5. The summed E-state index contributed by atoms with van der Waals surface area (Å²) < 4.78 is 0. The Morgan fingerprint density at radius 3 is 2.65 bits per heavy atom. The monoisotopic (exact) mass is 307 g/mol. The third-order valence-corrected chi connectivity index (χ3v) is 4.30. The molecule has 1 saturated heterocycles. The molecular weight excluding hydrogens is 290 g/mol. The molecule has 0 bridgehead atoms. The van der Waals surface area contributed by atoms with Crippen LogP contribution in [0.4, 0.5) is 11.4 Å². The summed E-state index contributed by atoms with van der Waals surface area (Å²) in [6.45, 7) is 0.784. The highest BCUT2D eigenvalue weighted by Gasteiger charge is 2.29. The van der Waals surface area contributed by atoms with E-state index in [2.05, 4.69) is 17.0 Å². The van der Waals surface area contributed by atoms with E-state index in [0.29, 0.717) is 11.3 Å². The van der Waals surface area contributed by atoms with Crippen LogP contribution in [0.5, 0.6) is 0 Å². The van der Waals surface area contributed by atoms with E-state index in [0.717, 1.165) is 25.8 Å². The third kappa shape index (κ3) is 3.02. The molecule has 0 N–H and O–H groups in total. The van der Waals surface area contributed by atoms with Crippen LogP contribution in [0.25, 0.3) is 0 Å². The topological polar surface area (TPSA) is 70.2 Å². The van der Waals surface area contributed by atoms with Crippen molar-refractivity contribution in [2.24, 2.45) is 0 Å². The van der Waals surface area contributed by atoms with Crippen LogP contribution in [0, 0.1) is 21.4 Å². The Kier molecular flexibility index (Phi) is 4.24. The lowest BCUT2D eigenvalue weighted by molar-refractivity contribution is -0.384. The Balaban J connectivity index is 2.05. The van der Waals surface area contributed by atoms with Gasteiger partial charge in [-0.1, -0.05) is 30.3 Å². The highest BCUT2D eigenvalue weighted by atomic mass is 16.6. The van der Waals surface area contributed by atoms with Gasteiger partial charge in [-0.25, -0.2) is 0 Å². The molecule has 1 aliphatic heterocycles. The molecule has 0 aliphatic carbocycles. The highest BCUT2D eigenvalue weighted by molar-refractivity contribution is 5.66. The van der Waals surface area contributed by atoms with Gasteiger partial charge in [-0.15, -0.1) is 0 Å². The van der Waals surface area contributed by atoms with Crippen molar-refractivity contribution >= 4 is 11.4 Å². The molecule has 0 saturated carbocycles. The Morgan fingerprint density at radius 2 is 1.96 bits per heavy atom. The zero-order valence-corrected chi connectivity index (χ0v) is 12.7. The first-order valence-electron chi connectivity index (χ1n) is 7.71. The summed E-state index contributed by atoms with van der Waals surface area (Å²) in [5, 5.41) is 20.4. The molecule has 1 heterocycles. The molecule has 0 aromatic heterocycles. The minimum atomic E-state index is -0.396. The van der Waals surface area contributed by atoms with Crippen LogP contribution < -0.4 is 4.90 Å². The van der Waals surface area contributed by atoms with E-state index in [9.17, 15) is 10.1 Å². The summed E-state index contributed by atoms with van der Waals surface area (Å²) in [5.41, 5.74) is 2.09. The molecule has 5 heteroatoms. The van der Waals surface area contributed by atoms with Crippen LogP contribution in [0.3, 0.4) is 0 Å². The molecule has 3 rings (SSSR count). The van der Waals surface area contributed by atoms with Crippen LogP contribution in [0.15, 0.2) is 48.5 Å². The van der Waals surface area contributed by atoms with E-state index in [1.54, 1.807) is 12.1 Å². The largest absolute Gasteiger partial charge is 0.359 e. The summed E-state index contributed by atoms with van der Waals surface area (Å²) in [4.78, 5) is 13.2. The number of nitro groups is 1. The van der Waals surface area contributed by atoms with Gasteiger partial charge in [0, 0.05) is 12.6 Å². The van der Waals surface area contributed by atoms with E-state index < -0.39 is 4.92 Å². The molecule has 1 aliphatic rings. The van der Waals surface area contributed by atoms with Crippen LogP contribution in [0.1, 0.15) is 36.4 Å². The van der Waals surface area contributed by atoms with Crippen molar-refractivity contribution in [2.75, 3.05) is 11.4 Å². The Morgan fingerprint density at radius 1 is 1.17 bits per heavy atom. The SMILES string of the molecule is N#Cc1ccc(N2CCCC[C@H]2c2ccccc2)c([N+](=O)[O-])c1. The minimum absolute atomic E-state index is 0.00637. The average Bonchev–Trinajstić information content (AvgIpc) is 2.62. The predicted molar refractivity (Wildman–Crippen MR) is 88.2 cm³/mol. The smallest absolute Gasteiger partial charge is 0.293 e. The second-order valence-corrected chi connectivity index (χ2v) is 5.69. The molecule has 0 unspecified atom stereocenters. The molecule has 2 aromatic rings. The zero-order valence-electron chi connectivity index (χ0n) is 12.7. The lowest BCUT2D eigenvalue weighted by Gasteiger charge is -2.37. The van der Waals surface area contributed by atoms with Gasteiger partial charge in [0.1, 0.15) is 5.69 Å². The first-order chi connectivity index (χ1) is 11.2. The van der Waals surface area contributed by atoms with Crippen LogP contribution in [-0.4, -0.2) is 11.5 Å². The fraction of sp³-hybridized carbons (Fsp3) is 0.278. The van der Waals surface area contributed by atoms with Crippen molar-refractivity contribution in [2.45, 2.75) is 25.3 Å². The average molecular weight is 307 g/mol. The standard InChI is InChI=1S/C18H17N3O2/c19-13-14-9-10-17(18(12-14)21(22)23)20-11-5-4-8-16(20)15-6-2-1-3-7-15/h1-3,6-7,9-10,12,16H,4-5,8,11H2/t16-/m0/s1. The van der Waals surface area contributed by atoms with Crippen molar-refractivity contribution in [3.63, 3.8) is 0 Å². The first-order valence-corrected chi connectivity index (χ1v) is 7.71. The number of anilines is 1. The second-order valence-electron chi connectivity index (χ2n) is 5.69. The molecule has 0 amide bonds. The lowest BCUT2D eigenvalue weighted by atomic mass is 9.94. The molecular formula is C18H17N3O2. The fourth-order valence-corrected chi connectivity index (χ4v) is 3.22. The quantitative estimate of drug-likeness (QED) is 0.629. The minimum Gasteiger partial charge on any atom is -0.359 e. The number of hydrogen-bond acceptors (Lipinski definition) is 4. The number of nitro benzene ring substituents is 1. The van der Waals surface area contributed by atoms with Crippen molar-refractivity contribution in [1.82, 2.24) is 0 Å². The third-order valence-electron chi connectivity index (χ3n) is 4.30.